The highest BCUT2D eigenvalue weighted by Gasteiger charge is 2.42. The van der Waals surface area contributed by atoms with Crippen LogP contribution < -0.4 is 5.32 Å². The van der Waals surface area contributed by atoms with Gasteiger partial charge in [-0.15, -0.1) is 0 Å². The Labute approximate surface area is 105 Å². The van der Waals surface area contributed by atoms with Gasteiger partial charge in [-0.3, -0.25) is 0 Å². The molecule has 3 nitrogen and oxygen atoms in total. The Morgan fingerprint density at radius 2 is 2.12 bits per heavy atom. The van der Waals surface area contributed by atoms with Crippen LogP contribution in [-0.4, -0.2) is 39.5 Å². The van der Waals surface area contributed by atoms with E-state index >= 15 is 0 Å². The lowest BCUT2D eigenvalue weighted by atomic mass is 9.83. The van der Waals surface area contributed by atoms with Crippen molar-refractivity contribution in [2.75, 3.05) is 33.5 Å². The number of fused-ring (bicyclic) bond motifs is 2. The lowest BCUT2D eigenvalue weighted by molar-refractivity contribution is 0.0430. The highest BCUT2D eigenvalue weighted by Crippen LogP contribution is 2.49. The van der Waals surface area contributed by atoms with E-state index < -0.39 is 0 Å². The summed E-state index contributed by atoms with van der Waals surface area (Å²) < 4.78 is 10.7. The van der Waals surface area contributed by atoms with E-state index in [0.29, 0.717) is 12.6 Å². The fraction of sp³-hybridized carbons (Fsp3) is 1.00. The molecule has 0 heterocycles. The molecule has 0 aromatic heterocycles. The summed E-state index contributed by atoms with van der Waals surface area (Å²) in [5.74, 6) is 2.84. The van der Waals surface area contributed by atoms with E-state index in [9.17, 15) is 0 Å². The Morgan fingerprint density at radius 1 is 1.24 bits per heavy atom. The van der Waals surface area contributed by atoms with Crippen LogP contribution in [0.3, 0.4) is 0 Å². The molecule has 1 N–H and O–H groups in total. The maximum absolute atomic E-state index is 5.72. The predicted octanol–water partition coefficient (Wildman–Crippen LogP) is 2.06. The van der Waals surface area contributed by atoms with E-state index in [1.165, 1.54) is 25.7 Å². The maximum atomic E-state index is 5.72. The average molecular weight is 241 g/mol. The van der Waals surface area contributed by atoms with Crippen molar-refractivity contribution in [2.24, 2.45) is 17.8 Å². The molecule has 17 heavy (non-hydrogen) atoms. The second kappa shape index (κ2) is 6.72. The smallest absolute Gasteiger partial charge is 0.0701 e. The number of ether oxygens (including phenoxy) is 2. The van der Waals surface area contributed by atoms with E-state index in [2.05, 4.69) is 12.2 Å². The number of likely N-dealkylation sites (N-methyl/N-ethyl adjacent to an activating group) is 1. The first kappa shape index (κ1) is 13.3. The van der Waals surface area contributed by atoms with E-state index in [4.69, 9.17) is 9.47 Å². The van der Waals surface area contributed by atoms with Crippen molar-refractivity contribution in [3.63, 3.8) is 0 Å². The highest BCUT2D eigenvalue weighted by molar-refractivity contribution is 4.95. The molecule has 0 radical (unpaired) electrons. The molecule has 2 aliphatic rings. The van der Waals surface area contributed by atoms with E-state index in [-0.39, 0.29) is 0 Å². The van der Waals surface area contributed by atoms with Gasteiger partial charge in [0.2, 0.25) is 0 Å². The van der Waals surface area contributed by atoms with E-state index in [1.54, 1.807) is 7.11 Å². The number of methoxy groups -OCH3 is 1. The largest absolute Gasteiger partial charge is 0.382 e. The third-order valence-electron chi connectivity index (χ3n) is 4.51. The van der Waals surface area contributed by atoms with Gasteiger partial charge >= 0.3 is 0 Å². The first-order chi connectivity index (χ1) is 8.35. The molecule has 100 valence electrons. The zero-order valence-electron chi connectivity index (χ0n) is 11.3. The zero-order valence-corrected chi connectivity index (χ0v) is 11.3. The zero-order chi connectivity index (χ0) is 12.1. The van der Waals surface area contributed by atoms with Gasteiger partial charge in [0.1, 0.15) is 0 Å². The maximum Gasteiger partial charge on any atom is 0.0701 e. The van der Waals surface area contributed by atoms with E-state index in [0.717, 1.165) is 37.5 Å². The molecule has 2 saturated carbocycles. The molecule has 0 spiro atoms. The van der Waals surface area contributed by atoms with Crippen molar-refractivity contribution in [2.45, 2.75) is 38.6 Å². The first-order valence-corrected chi connectivity index (χ1v) is 7.15. The van der Waals surface area contributed by atoms with Crippen molar-refractivity contribution in [3.05, 3.63) is 0 Å². The Hall–Kier alpha value is -0.120. The molecule has 2 bridgehead atoms. The molecule has 2 rings (SSSR count). The van der Waals surface area contributed by atoms with Gasteiger partial charge in [-0.2, -0.15) is 0 Å². The molecule has 0 aromatic carbocycles. The van der Waals surface area contributed by atoms with Gasteiger partial charge in [0.05, 0.1) is 19.8 Å². The molecule has 3 heteroatoms. The highest BCUT2D eigenvalue weighted by atomic mass is 16.5. The van der Waals surface area contributed by atoms with Crippen molar-refractivity contribution < 1.29 is 9.47 Å². The Morgan fingerprint density at radius 3 is 2.71 bits per heavy atom. The minimum atomic E-state index is 0.562. The monoisotopic (exact) mass is 241 g/mol. The quantitative estimate of drug-likeness (QED) is 0.660. The van der Waals surface area contributed by atoms with Crippen LogP contribution in [0.4, 0.5) is 0 Å². The molecule has 2 fully saturated rings. The van der Waals surface area contributed by atoms with Gasteiger partial charge in [0.25, 0.3) is 0 Å². The van der Waals surface area contributed by atoms with Crippen LogP contribution in [0, 0.1) is 17.8 Å². The fourth-order valence-electron chi connectivity index (χ4n) is 3.74. The average Bonchev–Trinajstić information content (AvgIpc) is 2.95. The normalized spacial score (nSPS) is 33.2. The molecule has 4 unspecified atom stereocenters. The van der Waals surface area contributed by atoms with Crippen molar-refractivity contribution >= 4 is 0 Å². The lowest BCUT2D eigenvalue weighted by Crippen LogP contribution is -2.42. The van der Waals surface area contributed by atoms with Crippen molar-refractivity contribution in [3.8, 4) is 0 Å². The lowest BCUT2D eigenvalue weighted by Gasteiger charge is -2.31. The summed E-state index contributed by atoms with van der Waals surface area (Å²) >= 11 is 0. The molecular weight excluding hydrogens is 214 g/mol. The second-order valence-electron chi connectivity index (χ2n) is 5.57. The van der Waals surface area contributed by atoms with Crippen molar-refractivity contribution in [1.29, 1.82) is 0 Å². The molecular formula is C14H27NO2. The van der Waals surface area contributed by atoms with E-state index in [1.807, 2.05) is 0 Å². The van der Waals surface area contributed by atoms with Crippen LogP contribution in [0.5, 0.6) is 0 Å². The number of rotatable bonds is 8. The summed E-state index contributed by atoms with van der Waals surface area (Å²) in [5, 5.41) is 3.62. The van der Waals surface area contributed by atoms with Crippen LogP contribution in [0.15, 0.2) is 0 Å². The van der Waals surface area contributed by atoms with Gasteiger partial charge in [0.15, 0.2) is 0 Å². The number of nitrogens with one attached hydrogen (secondary N) is 1. The Kier molecular flexibility index (Phi) is 5.26. The van der Waals surface area contributed by atoms with Gasteiger partial charge in [-0.1, -0.05) is 13.3 Å². The Balaban J connectivity index is 1.76. The van der Waals surface area contributed by atoms with Gasteiger partial charge in [0, 0.05) is 13.2 Å². The van der Waals surface area contributed by atoms with Gasteiger partial charge in [-0.25, -0.2) is 0 Å². The third kappa shape index (κ3) is 3.43. The first-order valence-electron chi connectivity index (χ1n) is 7.15. The summed E-state index contributed by atoms with van der Waals surface area (Å²) in [5.41, 5.74) is 0. The minimum Gasteiger partial charge on any atom is -0.382 e. The number of hydrogen-bond donors (Lipinski definition) is 1. The van der Waals surface area contributed by atoms with Crippen LogP contribution in [0.25, 0.3) is 0 Å². The topological polar surface area (TPSA) is 30.5 Å². The molecule has 0 aliphatic heterocycles. The molecule has 0 amide bonds. The van der Waals surface area contributed by atoms with Crippen molar-refractivity contribution in [1.82, 2.24) is 5.32 Å². The summed E-state index contributed by atoms with van der Waals surface area (Å²) in [4.78, 5) is 0. The predicted molar refractivity (Wildman–Crippen MR) is 69.1 cm³/mol. The van der Waals surface area contributed by atoms with Crippen LogP contribution in [-0.2, 0) is 9.47 Å². The standard InChI is InChI=1S/C14H27NO2/c1-3-15-14(10-17-7-6-16-2)13-9-11-4-5-12(13)8-11/h11-15H,3-10H2,1-2H3. The minimum absolute atomic E-state index is 0.562. The number of hydrogen-bond acceptors (Lipinski definition) is 3. The third-order valence-corrected chi connectivity index (χ3v) is 4.51. The molecule has 2 aliphatic carbocycles. The SMILES string of the molecule is CCNC(COCCOC)C1CC2CCC1C2. The van der Waals surface area contributed by atoms with Crippen LogP contribution in [0.2, 0.25) is 0 Å². The summed E-state index contributed by atoms with van der Waals surface area (Å²) in [6, 6.07) is 0.562. The van der Waals surface area contributed by atoms with Crippen LogP contribution >= 0.6 is 0 Å². The van der Waals surface area contributed by atoms with Gasteiger partial charge in [-0.05, 0) is 43.6 Å². The fourth-order valence-corrected chi connectivity index (χ4v) is 3.74. The molecule has 0 saturated heterocycles. The molecule has 4 atom stereocenters. The summed E-state index contributed by atoms with van der Waals surface area (Å²) in [6.07, 6.45) is 5.83. The Bertz CT molecular complexity index is 222. The summed E-state index contributed by atoms with van der Waals surface area (Å²) in [6.45, 7) is 5.52. The molecule has 0 aromatic rings. The summed E-state index contributed by atoms with van der Waals surface area (Å²) in [7, 11) is 1.72. The second-order valence-corrected chi connectivity index (χ2v) is 5.57. The van der Waals surface area contributed by atoms with Crippen LogP contribution in [0.1, 0.15) is 32.6 Å². The van der Waals surface area contributed by atoms with Gasteiger partial charge < -0.3 is 14.8 Å².